The van der Waals surface area contributed by atoms with Gasteiger partial charge in [0.15, 0.2) is 6.29 Å². The van der Waals surface area contributed by atoms with E-state index in [0.717, 1.165) is 0 Å². The Balaban J connectivity index is 3.11. The summed E-state index contributed by atoms with van der Waals surface area (Å²) < 4.78 is 14.6. The van der Waals surface area contributed by atoms with Crippen molar-refractivity contribution in [2.45, 2.75) is 6.29 Å². The molecule has 0 fully saturated rings. The van der Waals surface area contributed by atoms with Crippen molar-refractivity contribution in [3.63, 3.8) is 0 Å². The molecular weight excluding hydrogens is 268 g/mol. The number of nitro benzene ring substituents is 1. The monoisotopic (exact) mass is 284 g/mol. The number of anilines is 1. The summed E-state index contributed by atoms with van der Waals surface area (Å²) in [7, 11) is 4.09. The molecule has 0 aliphatic rings. The maximum Gasteiger partial charge on any atom is 0.340 e. The molecule has 0 heterocycles. The molecule has 0 aliphatic heterocycles. The second-order valence-corrected chi connectivity index (χ2v) is 3.73. The molecule has 1 aromatic rings. The van der Waals surface area contributed by atoms with Crippen LogP contribution in [0.25, 0.3) is 0 Å². The fourth-order valence-corrected chi connectivity index (χ4v) is 1.61. The summed E-state index contributed by atoms with van der Waals surface area (Å²) in [5.41, 5.74) is -0.0741. The topological polar surface area (TPSA) is 99.9 Å². The Morgan fingerprint density at radius 2 is 2.00 bits per heavy atom. The van der Waals surface area contributed by atoms with E-state index >= 15 is 0 Å². The number of ether oxygens (including phenoxy) is 3. The second kappa shape index (κ2) is 7.41. The van der Waals surface area contributed by atoms with Gasteiger partial charge >= 0.3 is 5.97 Å². The molecule has 0 aliphatic carbocycles. The molecule has 1 rings (SSSR count). The molecule has 0 saturated carbocycles. The van der Waals surface area contributed by atoms with Crippen molar-refractivity contribution in [1.29, 1.82) is 0 Å². The maximum atomic E-state index is 11.6. The number of para-hydroxylation sites is 1. The normalized spacial score (nSPS) is 10.4. The Hall–Kier alpha value is -2.19. The van der Waals surface area contributed by atoms with Crippen molar-refractivity contribution in [2.24, 2.45) is 0 Å². The molecule has 0 spiro atoms. The van der Waals surface area contributed by atoms with E-state index in [-0.39, 0.29) is 23.5 Å². The number of carbonyl (C=O) groups excluding carboxylic acids is 1. The van der Waals surface area contributed by atoms with Crippen LogP contribution in [0.1, 0.15) is 10.4 Å². The molecule has 0 aromatic heterocycles. The maximum absolute atomic E-state index is 11.6. The largest absolute Gasteiger partial charge is 0.465 e. The van der Waals surface area contributed by atoms with E-state index in [0.29, 0.717) is 0 Å². The summed E-state index contributed by atoms with van der Waals surface area (Å²) in [6.45, 7) is 0.141. The molecule has 0 unspecified atom stereocenters. The lowest BCUT2D eigenvalue weighted by Gasteiger charge is -2.16. The number of carbonyl (C=O) groups is 1. The lowest BCUT2D eigenvalue weighted by molar-refractivity contribution is -0.384. The highest BCUT2D eigenvalue weighted by atomic mass is 16.7. The molecule has 0 saturated heterocycles. The third kappa shape index (κ3) is 3.65. The Bertz CT molecular complexity index is 487. The zero-order valence-corrected chi connectivity index (χ0v) is 11.4. The van der Waals surface area contributed by atoms with Crippen LogP contribution in [0.2, 0.25) is 0 Å². The molecule has 1 aromatic carbocycles. The van der Waals surface area contributed by atoms with Gasteiger partial charge in [0.25, 0.3) is 5.69 Å². The molecule has 0 bridgehead atoms. The second-order valence-electron chi connectivity index (χ2n) is 3.73. The number of hydrogen-bond acceptors (Lipinski definition) is 7. The van der Waals surface area contributed by atoms with Gasteiger partial charge in [-0.1, -0.05) is 6.07 Å². The summed E-state index contributed by atoms with van der Waals surface area (Å²) in [6, 6.07) is 4.15. The minimum Gasteiger partial charge on any atom is -0.465 e. The first-order valence-electron chi connectivity index (χ1n) is 5.70. The Kier molecular flexibility index (Phi) is 5.88. The average Bonchev–Trinajstić information content (AvgIpc) is 2.47. The van der Waals surface area contributed by atoms with Crippen LogP contribution in [-0.2, 0) is 14.2 Å². The minimum absolute atomic E-state index is 0.0726. The van der Waals surface area contributed by atoms with Gasteiger partial charge in [-0.05, 0) is 6.07 Å². The van der Waals surface area contributed by atoms with Gasteiger partial charge < -0.3 is 19.5 Å². The van der Waals surface area contributed by atoms with Gasteiger partial charge in [0.05, 0.1) is 24.1 Å². The summed E-state index contributed by atoms with van der Waals surface area (Å²) in [5, 5.41) is 13.8. The van der Waals surface area contributed by atoms with Gasteiger partial charge in [-0.25, -0.2) is 4.79 Å². The number of nitro groups is 1. The lowest BCUT2D eigenvalue weighted by Crippen LogP contribution is -2.25. The van der Waals surface area contributed by atoms with E-state index in [2.05, 4.69) is 10.1 Å². The van der Waals surface area contributed by atoms with Gasteiger partial charge in [-0.3, -0.25) is 10.1 Å². The number of benzene rings is 1. The van der Waals surface area contributed by atoms with Gasteiger partial charge in [0.2, 0.25) is 0 Å². The van der Waals surface area contributed by atoms with Crippen molar-refractivity contribution in [3.05, 3.63) is 33.9 Å². The number of nitrogens with one attached hydrogen (secondary N) is 1. The van der Waals surface area contributed by atoms with Gasteiger partial charge in [0.1, 0.15) is 5.69 Å². The van der Waals surface area contributed by atoms with Gasteiger partial charge in [0, 0.05) is 20.3 Å². The molecule has 0 radical (unpaired) electrons. The van der Waals surface area contributed by atoms with Crippen LogP contribution in [0.3, 0.4) is 0 Å². The van der Waals surface area contributed by atoms with E-state index < -0.39 is 17.2 Å². The quantitative estimate of drug-likeness (QED) is 0.349. The van der Waals surface area contributed by atoms with Crippen LogP contribution in [-0.4, -0.2) is 45.1 Å². The van der Waals surface area contributed by atoms with E-state index in [4.69, 9.17) is 9.47 Å². The van der Waals surface area contributed by atoms with E-state index in [9.17, 15) is 14.9 Å². The highest BCUT2D eigenvalue weighted by molar-refractivity contribution is 5.98. The fraction of sp³-hybridized carbons (Fsp3) is 0.417. The first-order valence-corrected chi connectivity index (χ1v) is 5.70. The average molecular weight is 284 g/mol. The summed E-state index contributed by atoms with van der Waals surface area (Å²) in [6.07, 6.45) is -0.597. The highest BCUT2D eigenvalue weighted by Crippen LogP contribution is 2.28. The summed E-state index contributed by atoms with van der Waals surface area (Å²) in [4.78, 5) is 22.1. The third-order valence-corrected chi connectivity index (χ3v) is 2.62. The molecule has 20 heavy (non-hydrogen) atoms. The van der Waals surface area contributed by atoms with E-state index in [1.54, 1.807) is 0 Å². The molecule has 0 atom stereocenters. The van der Waals surface area contributed by atoms with Crippen LogP contribution in [0.15, 0.2) is 18.2 Å². The number of rotatable bonds is 7. The predicted octanol–water partition coefficient (Wildman–Crippen LogP) is 1.41. The van der Waals surface area contributed by atoms with E-state index in [1.807, 2.05) is 0 Å². The van der Waals surface area contributed by atoms with Crippen molar-refractivity contribution in [2.75, 3.05) is 33.2 Å². The number of esters is 1. The first-order chi connectivity index (χ1) is 9.54. The van der Waals surface area contributed by atoms with Crippen LogP contribution >= 0.6 is 0 Å². The Morgan fingerprint density at radius 1 is 1.35 bits per heavy atom. The van der Waals surface area contributed by atoms with Crippen LogP contribution in [0.5, 0.6) is 0 Å². The van der Waals surface area contributed by atoms with Crippen LogP contribution < -0.4 is 5.32 Å². The molecule has 1 N–H and O–H groups in total. The van der Waals surface area contributed by atoms with Gasteiger partial charge in [-0.15, -0.1) is 0 Å². The first kappa shape index (κ1) is 15.9. The van der Waals surface area contributed by atoms with E-state index in [1.165, 1.54) is 39.5 Å². The van der Waals surface area contributed by atoms with Crippen molar-refractivity contribution < 1.29 is 23.9 Å². The van der Waals surface area contributed by atoms with Crippen molar-refractivity contribution in [1.82, 2.24) is 0 Å². The summed E-state index contributed by atoms with van der Waals surface area (Å²) in [5.74, 6) is -0.664. The SMILES string of the molecule is COC(=O)c1cccc([N+](=O)[O-])c1NCC(OC)OC. The predicted molar refractivity (Wildman–Crippen MR) is 70.7 cm³/mol. The highest BCUT2D eigenvalue weighted by Gasteiger charge is 2.22. The van der Waals surface area contributed by atoms with Crippen LogP contribution in [0, 0.1) is 10.1 Å². The zero-order valence-electron chi connectivity index (χ0n) is 11.4. The standard InChI is InChI=1S/C12H16N2O6/c1-18-10(19-2)7-13-11-8(12(15)20-3)5-4-6-9(11)14(16)17/h4-6,10,13H,7H2,1-3H3. The zero-order chi connectivity index (χ0) is 15.1. The van der Waals surface area contributed by atoms with Gasteiger partial charge in [-0.2, -0.15) is 0 Å². The molecule has 8 nitrogen and oxygen atoms in total. The summed E-state index contributed by atoms with van der Waals surface area (Å²) >= 11 is 0. The number of nitrogens with zero attached hydrogens (tertiary/aromatic N) is 1. The third-order valence-electron chi connectivity index (χ3n) is 2.62. The number of hydrogen-bond donors (Lipinski definition) is 1. The molecular formula is C12H16N2O6. The molecule has 110 valence electrons. The van der Waals surface area contributed by atoms with Crippen molar-refractivity contribution in [3.8, 4) is 0 Å². The lowest BCUT2D eigenvalue weighted by atomic mass is 10.1. The Labute approximate surface area is 115 Å². The molecule has 0 amide bonds. The smallest absolute Gasteiger partial charge is 0.340 e. The van der Waals surface area contributed by atoms with Crippen molar-refractivity contribution >= 4 is 17.3 Å². The fourth-order valence-electron chi connectivity index (χ4n) is 1.61. The Morgan fingerprint density at radius 3 is 2.50 bits per heavy atom. The minimum atomic E-state index is -0.664. The van der Waals surface area contributed by atoms with Crippen LogP contribution in [0.4, 0.5) is 11.4 Å². The molecule has 8 heteroatoms. The number of methoxy groups -OCH3 is 3.